The van der Waals surface area contributed by atoms with Gasteiger partial charge in [0.25, 0.3) is 0 Å². The quantitative estimate of drug-likeness (QED) is 0.362. The van der Waals surface area contributed by atoms with Crippen LogP contribution in [0, 0.1) is 17.8 Å². The maximum Gasteiger partial charge on any atom is 0.250 e. The molecule has 0 aromatic heterocycles. The summed E-state index contributed by atoms with van der Waals surface area (Å²) in [4.78, 5) is 45.9. The van der Waals surface area contributed by atoms with E-state index in [1.54, 1.807) is 31.2 Å². The first-order valence-electron chi connectivity index (χ1n) is 15.4. The summed E-state index contributed by atoms with van der Waals surface area (Å²) < 4.78 is 12.3. The first-order valence-corrected chi connectivity index (χ1v) is 15.4. The number of anilines is 3. The number of fused-ring (bicyclic) bond motifs is 1. The molecule has 2 aromatic carbocycles. The van der Waals surface area contributed by atoms with Crippen molar-refractivity contribution >= 4 is 34.8 Å². The minimum atomic E-state index is -1.21. The van der Waals surface area contributed by atoms with Crippen LogP contribution in [-0.2, 0) is 19.1 Å². The van der Waals surface area contributed by atoms with E-state index in [1.165, 1.54) is 4.90 Å². The number of carbonyl (C=O) groups is 3. The third-order valence-electron chi connectivity index (χ3n) is 9.72. The van der Waals surface area contributed by atoms with Gasteiger partial charge in [0.15, 0.2) is 0 Å². The molecular weight excluding hydrogens is 548 g/mol. The minimum Gasteiger partial charge on any atom is -0.494 e. The van der Waals surface area contributed by atoms with Crippen molar-refractivity contribution in [1.29, 1.82) is 0 Å². The number of aliphatic hydroxyl groups excluding tert-OH is 1. The summed E-state index contributed by atoms with van der Waals surface area (Å²) in [5, 5.41) is 16.1. The molecule has 3 heterocycles. The van der Waals surface area contributed by atoms with Crippen LogP contribution in [0.25, 0.3) is 0 Å². The Kier molecular flexibility index (Phi) is 8.46. The maximum atomic E-state index is 14.2. The number of hydrogen-bond acceptors (Lipinski definition) is 7. The highest BCUT2D eigenvalue weighted by Gasteiger charge is 2.80. The van der Waals surface area contributed by atoms with Gasteiger partial charge >= 0.3 is 0 Å². The van der Waals surface area contributed by atoms with Gasteiger partial charge in [-0.2, -0.15) is 0 Å². The van der Waals surface area contributed by atoms with Crippen molar-refractivity contribution in [2.45, 2.75) is 71.2 Å². The van der Waals surface area contributed by atoms with Crippen molar-refractivity contribution < 1.29 is 29.0 Å². The molecule has 7 atom stereocenters. The van der Waals surface area contributed by atoms with E-state index in [0.717, 1.165) is 18.8 Å². The molecule has 5 rings (SSSR count). The first kappa shape index (κ1) is 30.8. The van der Waals surface area contributed by atoms with Crippen molar-refractivity contribution in [3.63, 3.8) is 0 Å². The van der Waals surface area contributed by atoms with Crippen LogP contribution in [0.2, 0.25) is 0 Å². The van der Waals surface area contributed by atoms with Gasteiger partial charge in [0.1, 0.15) is 17.4 Å². The second kappa shape index (κ2) is 11.8. The van der Waals surface area contributed by atoms with Crippen LogP contribution in [0.15, 0.2) is 48.5 Å². The molecular formula is C33H44N4O6. The fraction of sp³-hybridized carbons (Fsp3) is 0.545. The molecule has 43 heavy (non-hydrogen) atoms. The van der Waals surface area contributed by atoms with Gasteiger partial charge in [0.05, 0.1) is 36.7 Å². The molecule has 10 nitrogen and oxygen atoms in total. The number of nitrogens with one attached hydrogen (secondary N) is 2. The van der Waals surface area contributed by atoms with Gasteiger partial charge in [-0.15, -0.1) is 0 Å². The lowest BCUT2D eigenvalue weighted by Gasteiger charge is -2.36. The van der Waals surface area contributed by atoms with Crippen molar-refractivity contribution in [2.24, 2.45) is 17.8 Å². The molecule has 2 aromatic rings. The average Bonchev–Trinajstić information content (AvgIpc) is 3.51. The Morgan fingerprint density at radius 1 is 1.05 bits per heavy atom. The molecule has 2 bridgehead atoms. The summed E-state index contributed by atoms with van der Waals surface area (Å²) in [5.41, 5.74) is 0.0695. The number of hydrogen-bond donors (Lipinski definition) is 3. The Bertz CT molecular complexity index is 1350. The molecule has 3 saturated heterocycles. The predicted octanol–water partition coefficient (Wildman–Crippen LogP) is 3.90. The van der Waals surface area contributed by atoms with E-state index in [2.05, 4.69) is 29.4 Å². The molecule has 10 heteroatoms. The van der Waals surface area contributed by atoms with E-state index >= 15 is 0 Å². The van der Waals surface area contributed by atoms with Crippen LogP contribution in [0.1, 0.15) is 48.0 Å². The van der Waals surface area contributed by atoms with Crippen LogP contribution >= 0.6 is 0 Å². The Hall–Kier alpha value is -3.63. The molecule has 232 valence electrons. The molecule has 0 aliphatic carbocycles. The summed E-state index contributed by atoms with van der Waals surface area (Å²) in [5.74, 6) is -2.17. The van der Waals surface area contributed by atoms with Gasteiger partial charge in [-0.1, -0.05) is 6.92 Å². The number of nitrogens with zero attached hydrogens (tertiary/aromatic N) is 2. The fourth-order valence-electron chi connectivity index (χ4n) is 7.51. The maximum absolute atomic E-state index is 14.2. The highest BCUT2D eigenvalue weighted by Crippen LogP contribution is 2.65. The molecule has 3 fully saturated rings. The Labute approximate surface area is 253 Å². The highest BCUT2D eigenvalue weighted by molar-refractivity contribution is 6.05. The minimum absolute atomic E-state index is 0.0966. The topological polar surface area (TPSA) is 120 Å². The number of likely N-dealkylation sites (tertiary alicyclic amines) is 1. The average molecular weight is 593 g/mol. The number of benzene rings is 2. The van der Waals surface area contributed by atoms with E-state index in [9.17, 15) is 19.5 Å². The molecule has 3 aliphatic heterocycles. The van der Waals surface area contributed by atoms with E-state index in [4.69, 9.17) is 9.47 Å². The molecule has 3 aliphatic rings. The van der Waals surface area contributed by atoms with Crippen molar-refractivity contribution in [3.05, 3.63) is 48.5 Å². The largest absolute Gasteiger partial charge is 0.494 e. The zero-order valence-corrected chi connectivity index (χ0v) is 25.9. The van der Waals surface area contributed by atoms with Crippen molar-refractivity contribution in [2.75, 3.05) is 41.8 Å². The second-order valence-electron chi connectivity index (χ2n) is 12.1. The molecule has 3 amide bonds. The van der Waals surface area contributed by atoms with Gasteiger partial charge in [0.2, 0.25) is 17.7 Å². The Morgan fingerprint density at radius 3 is 2.19 bits per heavy atom. The summed E-state index contributed by atoms with van der Waals surface area (Å²) in [7, 11) is 0. The second-order valence-corrected chi connectivity index (χ2v) is 12.1. The molecule has 0 radical (unpaired) electrons. The number of rotatable bonds is 11. The van der Waals surface area contributed by atoms with E-state index in [0.29, 0.717) is 30.2 Å². The standard InChI is InChI=1S/C33H44N4O6/c1-7-36(8-2)24-14-10-22(11-15-24)35-30(40)28-33-18-20(4)32(6,43-33)26(27(33)31(41)37(28)21(5)19-38)29(39)34-23-12-16-25(17-13-23)42-9-3/h10-17,20-21,26-28,38H,7-9,18-19H2,1-6H3,(H,34,39)(H,35,40)/t20?,21-,26-,27+,28?,32+,33?/m1/s1. The lowest BCUT2D eigenvalue weighted by molar-refractivity contribution is -0.147. The zero-order valence-electron chi connectivity index (χ0n) is 25.9. The van der Waals surface area contributed by atoms with E-state index in [1.807, 2.05) is 45.0 Å². The molecule has 3 N–H and O–H groups in total. The lowest BCUT2D eigenvalue weighted by atomic mass is 9.62. The Morgan fingerprint density at radius 2 is 1.63 bits per heavy atom. The van der Waals surface area contributed by atoms with Crippen LogP contribution in [0.3, 0.4) is 0 Å². The number of aliphatic hydroxyl groups is 1. The molecule has 3 unspecified atom stereocenters. The van der Waals surface area contributed by atoms with Gasteiger partial charge in [-0.25, -0.2) is 0 Å². The molecule has 0 saturated carbocycles. The third-order valence-corrected chi connectivity index (χ3v) is 9.72. The predicted molar refractivity (Wildman–Crippen MR) is 165 cm³/mol. The smallest absolute Gasteiger partial charge is 0.250 e. The van der Waals surface area contributed by atoms with Crippen molar-refractivity contribution in [3.8, 4) is 5.75 Å². The van der Waals surface area contributed by atoms with Crippen LogP contribution < -0.4 is 20.3 Å². The van der Waals surface area contributed by atoms with E-state index in [-0.39, 0.29) is 24.3 Å². The summed E-state index contributed by atoms with van der Waals surface area (Å²) in [6.45, 7) is 13.6. The van der Waals surface area contributed by atoms with Crippen LogP contribution in [-0.4, -0.2) is 77.3 Å². The summed E-state index contributed by atoms with van der Waals surface area (Å²) in [6, 6.07) is 13.0. The van der Waals surface area contributed by atoms with Gasteiger partial charge in [-0.05, 0) is 95.5 Å². The van der Waals surface area contributed by atoms with Crippen LogP contribution in [0.5, 0.6) is 5.75 Å². The number of ether oxygens (including phenoxy) is 2. The van der Waals surface area contributed by atoms with E-state index < -0.39 is 41.0 Å². The third kappa shape index (κ3) is 5.04. The van der Waals surface area contributed by atoms with Crippen molar-refractivity contribution in [1.82, 2.24) is 4.90 Å². The Balaban J connectivity index is 1.46. The zero-order chi connectivity index (χ0) is 31.1. The first-order chi connectivity index (χ1) is 20.5. The highest BCUT2D eigenvalue weighted by atomic mass is 16.5. The number of carbonyl (C=O) groups excluding carboxylic acids is 3. The molecule has 1 spiro atoms. The van der Waals surface area contributed by atoms with Gasteiger partial charge < -0.3 is 35.0 Å². The van der Waals surface area contributed by atoms with Gasteiger partial charge in [0, 0.05) is 30.2 Å². The summed E-state index contributed by atoms with van der Waals surface area (Å²) >= 11 is 0. The van der Waals surface area contributed by atoms with Crippen LogP contribution in [0.4, 0.5) is 17.1 Å². The monoisotopic (exact) mass is 592 g/mol. The normalized spacial score (nSPS) is 29.7. The fourth-order valence-corrected chi connectivity index (χ4v) is 7.51. The lowest BCUT2D eigenvalue weighted by Crippen LogP contribution is -2.56. The van der Waals surface area contributed by atoms with Gasteiger partial charge in [-0.3, -0.25) is 14.4 Å². The summed E-state index contributed by atoms with van der Waals surface area (Å²) in [6.07, 6.45) is 0.445. The number of amides is 3. The SMILES string of the molecule is CCOc1ccc(NC(=O)[C@H]2[C@H]3C(=O)N([C@H](C)CO)C(C(=O)Nc4ccc(N(CC)CC)cc4)C34CC(C)[C@]2(C)O4)cc1.